The Morgan fingerprint density at radius 2 is 2.25 bits per heavy atom. The van der Waals surface area contributed by atoms with E-state index < -0.39 is 0 Å². The molecule has 0 aromatic heterocycles. The predicted molar refractivity (Wildman–Crippen MR) is 64.0 cm³/mol. The normalized spacial score (nSPS) is 40.8. The molecule has 0 radical (unpaired) electrons. The lowest BCUT2D eigenvalue weighted by atomic mass is 9.66. The summed E-state index contributed by atoms with van der Waals surface area (Å²) in [5.74, 6) is 0.430. The van der Waals surface area contributed by atoms with Gasteiger partial charge in [-0.1, -0.05) is 18.6 Å². The van der Waals surface area contributed by atoms with Gasteiger partial charge in [0.05, 0.1) is 0 Å². The standard InChI is InChI=1S/C14H22O2/c1-4-11-7-8-12-13(16-10(2)15)6-5-9-14(11,12)3/h4,12-13H,5-9H2,1-3H3/b11-4+/t12?,13-,14+/m0/s1. The van der Waals surface area contributed by atoms with Crippen LogP contribution in [0.15, 0.2) is 11.6 Å². The molecule has 0 spiro atoms. The smallest absolute Gasteiger partial charge is 0.302 e. The van der Waals surface area contributed by atoms with E-state index in [1.165, 1.54) is 32.6 Å². The molecule has 1 unspecified atom stereocenters. The van der Waals surface area contributed by atoms with Crippen LogP contribution in [0.1, 0.15) is 52.9 Å². The highest BCUT2D eigenvalue weighted by Gasteiger charge is 2.49. The third-order valence-electron chi connectivity index (χ3n) is 4.58. The Balaban J connectivity index is 2.19. The van der Waals surface area contributed by atoms with Crippen LogP contribution in [0.3, 0.4) is 0 Å². The molecule has 90 valence electrons. The van der Waals surface area contributed by atoms with Crippen molar-refractivity contribution in [3.63, 3.8) is 0 Å². The van der Waals surface area contributed by atoms with Crippen LogP contribution < -0.4 is 0 Å². The lowest BCUT2D eigenvalue weighted by Gasteiger charge is -2.42. The second kappa shape index (κ2) is 4.23. The zero-order valence-corrected chi connectivity index (χ0v) is 10.6. The number of allylic oxidation sites excluding steroid dienone is 2. The van der Waals surface area contributed by atoms with Crippen molar-refractivity contribution in [1.29, 1.82) is 0 Å². The summed E-state index contributed by atoms with van der Waals surface area (Å²) >= 11 is 0. The van der Waals surface area contributed by atoms with E-state index in [-0.39, 0.29) is 12.1 Å². The summed E-state index contributed by atoms with van der Waals surface area (Å²) in [4.78, 5) is 11.1. The SMILES string of the molecule is C/C=C1\CCC2[C@@H](OC(C)=O)CCC[C@]12C. The molecule has 3 atom stereocenters. The monoisotopic (exact) mass is 222 g/mol. The maximum absolute atomic E-state index is 11.1. The third kappa shape index (κ3) is 1.79. The lowest BCUT2D eigenvalue weighted by Crippen LogP contribution is -2.39. The molecule has 0 amide bonds. The molecule has 0 heterocycles. The number of fused-ring (bicyclic) bond motifs is 1. The summed E-state index contributed by atoms with van der Waals surface area (Å²) in [6.45, 7) is 6.02. The molecular formula is C14H22O2. The Labute approximate surface area is 98.1 Å². The molecule has 2 heteroatoms. The Morgan fingerprint density at radius 1 is 1.50 bits per heavy atom. The van der Waals surface area contributed by atoms with Gasteiger partial charge in [0, 0.05) is 12.8 Å². The van der Waals surface area contributed by atoms with E-state index in [1.54, 1.807) is 5.57 Å². The summed E-state index contributed by atoms with van der Waals surface area (Å²) < 4.78 is 5.50. The quantitative estimate of drug-likeness (QED) is 0.501. The minimum absolute atomic E-state index is 0.122. The molecule has 2 aliphatic carbocycles. The lowest BCUT2D eigenvalue weighted by molar-refractivity contribution is -0.153. The molecule has 2 nitrogen and oxygen atoms in total. The van der Waals surface area contributed by atoms with Crippen molar-refractivity contribution in [3.8, 4) is 0 Å². The highest BCUT2D eigenvalue weighted by Crippen LogP contribution is 2.55. The molecule has 2 saturated carbocycles. The first-order valence-electron chi connectivity index (χ1n) is 6.41. The minimum atomic E-state index is -0.122. The summed E-state index contributed by atoms with van der Waals surface area (Å²) in [5.41, 5.74) is 1.88. The van der Waals surface area contributed by atoms with Crippen molar-refractivity contribution < 1.29 is 9.53 Å². The maximum atomic E-state index is 11.1. The van der Waals surface area contributed by atoms with E-state index in [4.69, 9.17) is 4.74 Å². The zero-order chi connectivity index (χ0) is 11.8. The first-order chi connectivity index (χ1) is 7.58. The van der Waals surface area contributed by atoms with Gasteiger partial charge in [0.1, 0.15) is 6.10 Å². The minimum Gasteiger partial charge on any atom is -0.462 e. The van der Waals surface area contributed by atoms with E-state index in [1.807, 2.05) is 0 Å². The Hall–Kier alpha value is -0.790. The number of rotatable bonds is 1. The molecule has 0 aromatic rings. The second-order valence-corrected chi connectivity index (χ2v) is 5.42. The first-order valence-corrected chi connectivity index (χ1v) is 6.41. The molecule has 0 saturated heterocycles. The predicted octanol–water partition coefficient (Wildman–Crippen LogP) is 3.46. The highest BCUT2D eigenvalue weighted by atomic mass is 16.5. The Kier molecular flexibility index (Phi) is 3.09. The van der Waals surface area contributed by atoms with Crippen LogP contribution in [0, 0.1) is 11.3 Å². The van der Waals surface area contributed by atoms with Gasteiger partial charge in [-0.05, 0) is 44.4 Å². The van der Waals surface area contributed by atoms with Crippen LogP contribution in [0.4, 0.5) is 0 Å². The van der Waals surface area contributed by atoms with Crippen molar-refractivity contribution in [2.24, 2.45) is 11.3 Å². The van der Waals surface area contributed by atoms with Crippen molar-refractivity contribution in [2.75, 3.05) is 0 Å². The largest absolute Gasteiger partial charge is 0.462 e. The molecule has 2 fully saturated rings. The topological polar surface area (TPSA) is 26.3 Å². The van der Waals surface area contributed by atoms with Gasteiger partial charge in [-0.2, -0.15) is 0 Å². The number of hydrogen-bond donors (Lipinski definition) is 0. The fourth-order valence-electron chi connectivity index (χ4n) is 3.80. The van der Waals surface area contributed by atoms with Crippen LogP contribution in [0.25, 0.3) is 0 Å². The van der Waals surface area contributed by atoms with Crippen LogP contribution in [0.2, 0.25) is 0 Å². The fraction of sp³-hybridized carbons (Fsp3) is 0.786. The Morgan fingerprint density at radius 3 is 2.88 bits per heavy atom. The van der Waals surface area contributed by atoms with Gasteiger partial charge in [-0.3, -0.25) is 4.79 Å². The number of hydrogen-bond acceptors (Lipinski definition) is 2. The Bertz CT molecular complexity index is 319. The van der Waals surface area contributed by atoms with Crippen LogP contribution >= 0.6 is 0 Å². The summed E-state index contributed by atoms with van der Waals surface area (Å²) in [7, 11) is 0. The molecule has 0 aromatic carbocycles. The molecular weight excluding hydrogens is 200 g/mol. The van der Waals surface area contributed by atoms with Crippen molar-refractivity contribution in [1.82, 2.24) is 0 Å². The maximum Gasteiger partial charge on any atom is 0.302 e. The number of carbonyl (C=O) groups excluding carboxylic acids is 1. The van der Waals surface area contributed by atoms with Crippen molar-refractivity contribution in [3.05, 3.63) is 11.6 Å². The van der Waals surface area contributed by atoms with E-state index in [0.717, 1.165) is 6.42 Å². The van der Waals surface area contributed by atoms with Gasteiger partial charge in [0.15, 0.2) is 0 Å². The number of ether oxygens (including phenoxy) is 1. The molecule has 16 heavy (non-hydrogen) atoms. The average Bonchev–Trinajstić information content (AvgIpc) is 2.54. The van der Waals surface area contributed by atoms with Crippen LogP contribution in [-0.2, 0) is 9.53 Å². The number of carbonyl (C=O) groups is 1. The van der Waals surface area contributed by atoms with Gasteiger partial charge >= 0.3 is 5.97 Å². The first kappa shape index (κ1) is 11.7. The van der Waals surface area contributed by atoms with E-state index in [0.29, 0.717) is 11.3 Å². The van der Waals surface area contributed by atoms with Gasteiger partial charge in [-0.15, -0.1) is 0 Å². The van der Waals surface area contributed by atoms with Crippen molar-refractivity contribution >= 4 is 5.97 Å². The van der Waals surface area contributed by atoms with Crippen molar-refractivity contribution in [2.45, 2.75) is 59.0 Å². The molecule has 2 aliphatic rings. The van der Waals surface area contributed by atoms with Crippen LogP contribution in [-0.4, -0.2) is 12.1 Å². The van der Waals surface area contributed by atoms with E-state index >= 15 is 0 Å². The molecule has 2 rings (SSSR count). The second-order valence-electron chi connectivity index (χ2n) is 5.42. The van der Waals surface area contributed by atoms with Gasteiger partial charge in [0.2, 0.25) is 0 Å². The molecule has 0 N–H and O–H groups in total. The summed E-state index contributed by atoms with van der Waals surface area (Å²) in [5, 5.41) is 0. The van der Waals surface area contributed by atoms with Gasteiger partial charge < -0.3 is 4.74 Å². The third-order valence-corrected chi connectivity index (χ3v) is 4.58. The zero-order valence-electron chi connectivity index (χ0n) is 10.6. The number of esters is 1. The van der Waals surface area contributed by atoms with Gasteiger partial charge in [0.25, 0.3) is 0 Å². The summed E-state index contributed by atoms with van der Waals surface area (Å²) in [6.07, 6.45) is 8.31. The highest BCUT2D eigenvalue weighted by molar-refractivity contribution is 5.66. The van der Waals surface area contributed by atoms with Crippen LogP contribution in [0.5, 0.6) is 0 Å². The molecule has 0 bridgehead atoms. The summed E-state index contributed by atoms with van der Waals surface area (Å²) in [6, 6.07) is 0. The van der Waals surface area contributed by atoms with E-state index in [2.05, 4.69) is 19.9 Å². The molecule has 0 aliphatic heterocycles. The van der Waals surface area contributed by atoms with Gasteiger partial charge in [-0.25, -0.2) is 0 Å². The fourth-order valence-corrected chi connectivity index (χ4v) is 3.80. The van der Waals surface area contributed by atoms with E-state index in [9.17, 15) is 4.79 Å². The average molecular weight is 222 g/mol.